The number of rotatable bonds is 4. The van der Waals surface area contributed by atoms with Crippen molar-refractivity contribution in [3.8, 4) is 0 Å². The average molecular weight is 391 g/mol. The summed E-state index contributed by atoms with van der Waals surface area (Å²) in [6, 6.07) is 12.9. The molecule has 2 heterocycles. The van der Waals surface area contributed by atoms with E-state index in [0.29, 0.717) is 29.9 Å². The molecule has 0 aromatic heterocycles. The van der Waals surface area contributed by atoms with Crippen molar-refractivity contribution in [3.63, 3.8) is 0 Å². The van der Waals surface area contributed by atoms with Crippen molar-refractivity contribution in [2.24, 2.45) is 0 Å². The van der Waals surface area contributed by atoms with Gasteiger partial charge >= 0.3 is 0 Å². The minimum Gasteiger partial charge on any atom is -0.322 e. The summed E-state index contributed by atoms with van der Waals surface area (Å²) in [6.07, 6.45) is 1.19. The van der Waals surface area contributed by atoms with Crippen molar-refractivity contribution in [2.75, 3.05) is 16.8 Å². The number of aryl methyl sites for hydroxylation is 2. The smallest absolute Gasteiger partial charge is 0.271 e. The summed E-state index contributed by atoms with van der Waals surface area (Å²) in [6.45, 7) is 6.30. The summed E-state index contributed by atoms with van der Waals surface area (Å²) in [5.41, 5.74) is 2.38. The van der Waals surface area contributed by atoms with Crippen LogP contribution in [0, 0.1) is 13.8 Å². The molecule has 0 radical (unpaired) electrons. The van der Waals surface area contributed by atoms with Gasteiger partial charge in [-0.25, -0.2) is 0 Å². The Morgan fingerprint density at radius 2 is 1.79 bits per heavy atom. The van der Waals surface area contributed by atoms with Crippen LogP contribution in [-0.4, -0.2) is 34.8 Å². The van der Waals surface area contributed by atoms with Crippen molar-refractivity contribution >= 4 is 29.1 Å². The van der Waals surface area contributed by atoms with E-state index in [0.717, 1.165) is 11.1 Å². The fraction of sp³-hybridized carbons (Fsp3) is 0.348. The first-order valence-electron chi connectivity index (χ1n) is 10.0. The molecule has 0 unspecified atom stereocenters. The molecule has 0 saturated carbocycles. The number of amides is 3. The third kappa shape index (κ3) is 2.90. The molecule has 0 bridgehead atoms. The van der Waals surface area contributed by atoms with Gasteiger partial charge in [0, 0.05) is 25.1 Å². The molecule has 4 rings (SSSR count). The second-order valence-corrected chi connectivity index (χ2v) is 7.85. The molecule has 6 nitrogen and oxygen atoms in total. The van der Waals surface area contributed by atoms with E-state index in [9.17, 15) is 14.4 Å². The highest BCUT2D eigenvalue weighted by atomic mass is 16.2. The van der Waals surface area contributed by atoms with Gasteiger partial charge in [0.05, 0.1) is 11.3 Å². The number of hydrogen-bond acceptors (Lipinski definition) is 3. The standard InChI is InChI=1S/C23H25N3O3/c1-4-11-25-21(28)18-7-5-6-8-19(18)26-20(27)9-10-23(25,26)22(29)24-17-13-15(2)12-16(3)14-17/h5-8,12-14H,4,9-11H2,1-3H3,(H,24,29)/t23-/m1/s1. The highest BCUT2D eigenvalue weighted by molar-refractivity contribution is 6.18. The van der Waals surface area contributed by atoms with Crippen molar-refractivity contribution in [1.82, 2.24) is 4.90 Å². The summed E-state index contributed by atoms with van der Waals surface area (Å²) < 4.78 is 0. The van der Waals surface area contributed by atoms with Gasteiger partial charge in [-0.15, -0.1) is 0 Å². The number of nitrogens with zero attached hydrogens (tertiary/aromatic N) is 2. The first kappa shape index (κ1) is 19.2. The van der Waals surface area contributed by atoms with Crippen molar-refractivity contribution < 1.29 is 14.4 Å². The molecular formula is C23H25N3O3. The van der Waals surface area contributed by atoms with Crippen molar-refractivity contribution in [1.29, 1.82) is 0 Å². The molecular weight excluding hydrogens is 366 g/mol. The van der Waals surface area contributed by atoms with Crippen molar-refractivity contribution in [3.05, 3.63) is 59.2 Å². The molecule has 1 saturated heterocycles. The van der Waals surface area contributed by atoms with Crippen LogP contribution >= 0.6 is 0 Å². The summed E-state index contributed by atoms with van der Waals surface area (Å²) in [5.74, 6) is -0.685. The van der Waals surface area contributed by atoms with E-state index in [-0.39, 0.29) is 30.6 Å². The first-order valence-corrected chi connectivity index (χ1v) is 10.0. The number of carbonyl (C=O) groups excluding carboxylic acids is 3. The van der Waals surface area contributed by atoms with Gasteiger partial charge in [-0.1, -0.05) is 25.1 Å². The molecule has 29 heavy (non-hydrogen) atoms. The minimum atomic E-state index is -1.34. The molecule has 2 aromatic rings. The lowest BCUT2D eigenvalue weighted by Gasteiger charge is -2.49. The van der Waals surface area contributed by atoms with Crippen LogP contribution in [0.15, 0.2) is 42.5 Å². The normalized spacial score (nSPS) is 20.5. The Hall–Kier alpha value is -3.15. The highest BCUT2D eigenvalue weighted by Gasteiger charge is 2.60. The molecule has 1 N–H and O–H groups in total. The second-order valence-electron chi connectivity index (χ2n) is 7.85. The maximum Gasteiger partial charge on any atom is 0.271 e. The highest BCUT2D eigenvalue weighted by Crippen LogP contribution is 2.45. The lowest BCUT2D eigenvalue weighted by Crippen LogP contribution is -2.69. The monoisotopic (exact) mass is 391 g/mol. The van der Waals surface area contributed by atoms with Crippen LogP contribution in [-0.2, 0) is 9.59 Å². The third-order valence-corrected chi connectivity index (χ3v) is 5.66. The minimum absolute atomic E-state index is 0.137. The molecule has 2 aliphatic rings. The number of fused-ring (bicyclic) bond motifs is 3. The Labute approximate surface area is 170 Å². The van der Waals surface area contributed by atoms with Gasteiger partial charge in [0.2, 0.25) is 11.6 Å². The molecule has 0 spiro atoms. The van der Waals surface area contributed by atoms with Crippen LogP contribution in [0.1, 0.15) is 47.7 Å². The largest absolute Gasteiger partial charge is 0.322 e. The zero-order valence-electron chi connectivity index (χ0n) is 17.0. The molecule has 150 valence electrons. The van der Waals surface area contributed by atoms with Gasteiger partial charge in [-0.2, -0.15) is 0 Å². The van der Waals surface area contributed by atoms with Crippen LogP contribution in [0.3, 0.4) is 0 Å². The Morgan fingerprint density at radius 1 is 1.10 bits per heavy atom. The molecule has 3 amide bonds. The number of para-hydroxylation sites is 1. The Balaban J connectivity index is 1.84. The SMILES string of the molecule is CCCN1C(=O)c2ccccc2N2C(=O)CC[C@@]12C(=O)Nc1cc(C)cc(C)c1. The van der Waals surface area contributed by atoms with Gasteiger partial charge in [-0.3, -0.25) is 19.3 Å². The summed E-state index contributed by atoms with van der Waals surface area (Å²) in [7, 11) is 0. The Bertz CT molecular complexity index is 996. The molecule has 1 fully saturated rings. The Kier molecular flexibility index (Phi) is 4.65. The van der Waals surface area contributed by atoms with E-state index in [2.05, 4.69) is 5.32 Å². The summed E-state index contributed by atoms with van der Waals surface area (Å²) in [4.78, 5) is 43.0. The lowest BCUT2D eigenvalue weighted by molar-refractivity contribution is -0.128. The lowest BCUT2D eigenvalue weighted by atomic mass is 9.95. The maximum absolute atomic E-state index is 13.7. The molecule has 2 aromatic carbocycles. The van der Waals surface area contributed by atoms with Crippen LogP contribution in [0.2, 0.25) is 0 Å². The van der Waals surface area contributed by atoms with E-state index in [4.69, 9.17) is 0 Å². The molecule has 2 aliphatic heterocycles. The molecule has 1 atom stereocenters. The van der Waals surface area contributed by atoms with Crippen molar-refractivity contribution in [2.45, 2.75) is 45.7 Å². The topological polar surface area (TPSA) is 69.7 Å². The van der Waals surface area contributed by atoms with E-state index < -0.39 is 5.66 Å². The zero-order chi connectivity index (χ0) is 20.8. The zero-order valence-corrected chi connectivity index (χ0v) is 17.0. The molecule has 6 heteroatoms. The van der Waals surface area contributed by atoms with E-state index >= 15 is 0 Å². The Morgan fingerprint density at radius 3 is 2.48 bits per heavy atom. The van der Waals surface area contributed by atoms with Crippen LogP contribution < -0.4 is 10.2 Å². The van der Waals surface area contributed by atoms with Gasteiger partial charge in [0.25, 0.3) is 11.8 Å². The number of benzene rings is 2. The number of hydrogen-bond donors (Lipinski definition) is 1. The first-order chi connectivity index (χ1) is 13.9. The third-order valence-electron chi connectivity index (χ3n) is 5.66. The number of anilines is 2. The van der Waals surface area contributed by atoms with Crippen LogP contribution in [0.4, 0.5) is 11.4 Å². The van der Waals surface area contributed by atoms with Crippen LogP contribution in [0.5, 0.6) is 0 Å². The van der Waals surface area contributed by atoms with Gasteiger partial charge in [-0.05, 0) is 55.7 Å². The van der Waals surface area contributed by atoms with E-state index in [1.54, 1.807) is 29.2 Å². The van der Waals surface area contributed by atoms with Crippen LogP contribution in [0.25, 0.3) is 0 Å². The average Bonchev–Trinajstić information content (AvgIpc) is 3.03. The molecule has 0 aliphatic carbocycles. The van der Waals surface area contributed by atoms with Gasteiger partial charge in [0.15, 0.2) is 0 Å². The summed E-state index contributed by atoms with van der Waals surface area (Å²) >= 11 is 0. The number of nitrogens with one attached hydrogen (secondary N) is 1. The fourth-order valence-corrected chi connectivity index (χ4v) is 4.59. The predicted molar refractivity (Wildman–Crippen MR) is 112 cm³/mol. The second kappa shape index (κ2) is 7.03. The van der Waals surface area contributed by atoms with E-state index in [1.807, 2.05) is 39.0 Å². The van der Waals surface area contributed by atoms with E-state index in [1.165, 1.54) is 4.90 Å². The van der Waals surface area contributed by atoms with Gasteiger partial charge in [0.1, 0.15) is 0 Å². The fourth-order valence-electron chi connectivity index (χ4n) is 4.59. The quantitative estimate of drug-likeness (QED) is 0.865. The maximum atomic E-state index is 13.7. The number of carbonyl (C=O) groups is 3. The summed E-state index contributed by atoms with van der Waals surface area (Å²) in [5, 5.41) is 2.99. The predicted octanol–water partition coefficient (Wildman–Crippen LogP) is 3.63. The van der Waals surface area contributed by atoms with Gasteiger partial charge < -0.3 is 10.2 Å².